The number of rotatable bonds is 10. The summed E-state index contributed by atoms with van der Waals surface area (Å²) >= 11 is 0. The van der Waals surface area contributed by atoms with Gasteiger partial charge in [0.15, 0.2) is 0 Å². The van der Waals surface area contributed by atoms with E-state index in [1.165, 1.54) is 5.56 Å². The standard InChI is InChI=1S/C19H33NO3/c1-19(2,3)17-8-9-18(23)16(14-17)15-20(10-4-6-12-21)11-5-7-13-22/h8-9,14,21-23H,4-7,10-13,15H2,1-3H3. The number of unbranched alkanes of at least 4 members (excludes halogenated alkanes) is 2. The Bertz CT molecular complexity index is 444. The minimum atomic E-state index is 0.0566. The SMILES string of the molecule is CC(C)(C)c1ccc(O)c(CN(CCCCO)CCCCO)c1. The van der Waals surface area contributed by atoms with Crippen LogP contribution in [-0.2, 0) is 12.0 Å². The van der Waals surface area contributed by atoms with Crippen molar-refractivity contribution in [2.75, 3.05) is 26.3 Å². The maximum atomic E-state index is 10.2. The van der Waals surface area contributed by atoms with E-state index in [0.29, 0.717) is 12.3 Å². The van der Waals surface area contributed by atoms with Crippen LogP contribution in [-0.4, -0.2) is 46.5 Å². The summed E-state index contributed by atoms with van der Waals surface area (Å²) in [5.41, 5.74) is 2.22. The van der Waals surface area contributed by atoms with Crippen LogP contribution in [0.5, 0.6) is 5.75 Å². The van der Waals surface area contributed by atoms with Gasteiger partial charge in [-0.25, -0.2) is 0 Å². The van der Waals surface area contributed by atoms with E-state index in [9.17, 15) is 5.11 Å². The van der Waals surface area contributed by atoms with E-state index in [1.807, 2.05) is 6.07 Å². The molecule has 0 aliphatic rings. The molecule has 0 aliphatic carbocycles. The highest BCUT2D eigenvalue weighted by atomic mass is 16.3. The van der Waals surface area contributed by atoms with Crippen molar-refractivity contribution in [1.29, 1.82) is 0 Å². The fourth-order valence-corrected chi connectivity index (χ4v) is 2.58. The molecule has 0 fully saturated rings. The first kappa shape index (κ1) is 19.9. The Kier molecular flexibility index (Phi) is 8.59. The van der Waals surface area contributed by atoms with Gasteiger partial charge >= 0.3 is 0 Å². The highest BCUT2D eigenvalue weighted by Gasteiger charge is 2.16. The summed E-state index contributed by atoms with van der Waals surface area (Å²) in [5.74, 6) is 0.340. The molecule has 0 saturated carbocycles. The van der Waals surface area contributed by atoms with E-state index in [1.54, 1.807) is 6.07 Å². The Balaban J connectivity index is 2.79. The molecule has 0 atom stereocenters. The molecule has 23 heavy (non-hydrogen) atoms. The summed E-state index contributed by atoms with van der Waals surface area (Å²) in [6, 6.07) is 5.87. The number of nitrogens with zero attached hydrogens (tertiary/aromatic N) is 1. The van der Waals surface area contributed by atoms with Gasteiger partial charge < -0.3 is 15.3 Å². The van der Waals surface area contributed by atoms with Crippen molar-refractivity contribution in [3.8, 4) is 5.75 Å². The van der Waals surface area contributed by atoms with Crippen molar-refractivity contribution >= 4 is 0 Å². The van der Waals surface area contributed by atoms with Gasteiger partial charge in [0, 0.05) is 25.3 Å². The minimum Gasteiger partial charge on any atom is -0.508 e. The molecular formula is C19H33NO3. The van der Waals surface area contributed by atoms with Crippen molar-refractivity contribution in [3.05, 3.63) is 29.3 Å². The molecule has 1 aromatic rings. The zero-order chi connectivity index (χ0) is 17.3. The van der Waals surface area contributed by atoms with E-state index in [4.69, 9.17) is 10.2 Å². The lowest BCUT2D eigenvalue weighted by Crippen LogP contribution is -2.26. The number of aromatic hydroxyl groups is 1. The third kappa shape index (κ3) is 7.34. The van der Waals surface area contributed by atoms with Crippen molar-refractivity contribution in [2.45, 2.75) is 58.4 Å². The molecule has 0 unspecified atom stereocenters. The first-order valence-corrected chi connectivity index (χ1v) is 8.65. The lowest BCUT2D eigenvalue weighted by Gasteiger charge is -2.25. The van der Waals surface area contributed by atoms with Crippen LogP contribution in [0.3, 0.4) is 0 Å². The number of hydrogen-bond donors (Lipinski definition) is 3. The second kappa shape index (κ2) is 9.91. The smallest absolute Gasteiger partial charge is 0.120 e. The Hall–Kier alpha value is -1.10. The molecule has 4 heteroatoms. The van der Waals surface area contributed by atoms with E-state index >= 15 is 0 Å². The van der Waals surface area contributed by atoms with Crippen LogP contribution < -0.4 is 0 Å². The van der Waals surface area contributed by atoms with E-state index in [-0.39, 0.29) is 18.6 Å². The Morgan fingerprint density at radius 3 is 1.96 bits per heavy atom. The van der Waals surface area contributed by atoms with Gasteiger partial charge in [-0.15, -0.1) is 0 Å². The summed E-state index contributed by atoms with van der Waals surface area (Å²) in [6.07, 6.45) is 3.47. The van der Waals surface area contributed by atoms with Gasteiger partial charge in [0.25, 0.3) is 0 Å². The Morgan fingerprint density at radius 1 is 0.913 bits per heavy atom. The number of aliphatic hydroxyl groups excluding tert-OH is 2. The van der Waals surface area contributed by atoms with Crippen LogP contribution in [0.2, 0.25) is 0 Å². The molecule has 0 heterocycles. The fraction of sp³-hybridized carbons (Fsp3) is 0.684. The normalized spacial score (nSPS) is 12.1. The van der Waals surface area contributed by atoms with Crippen LogP contribution >= 0.6 is 0 Å². The van der Waals surface area contributed by atoms with E-state index in [0.717, 1.165) is 44.3 Å². The average molecular weight is 323 g/mol. The van der Waals surface area contributed by atoms with Crippen molar-refractivity contribution in [3.63, 3.8) is 0 Å². The van der Waals surface area contributed by atoms with Crippen LogP contribution in [0.25, 0.3) is 0 Å². The number of benzene rings is 1. The molecule has 1 aromatic carbocycles. The van der Waals surface area contributed by atoms with Crippen LogP contribution in [0.4, 0.5) is 0 Å². The van der Waals surface area contributed by atoms with Crippen molar-refractivity contribution < 1.29 is 15.3 Å². The fourth-order valence-electron chi connectivity index (χ4n) is 2.58. The molecule has 132 valence electrons. The largest absolute Gasteiger partial charge is 0.508 e. The lowest BCUT2D eigenvalue weighted by molar-refractivity contribution is 0.219. The van der Waals surface area contributed by atoms with Crippen LogP contribution in [0.15, 0.2) is 18.2 Å². The molecule has 0 aliphatic heterocycles. The molecule has 0 amide bonds. The van der Waals surface area contributed by atoms with Crippen LogP contribution in [0.1, 0.15) is 57.6 Å². The van der Waals surface area contributed by atoms with Gasteiger partial charge in [-0.2, -0.15) is 0 Å². The molecule has 3 N–H and O–H groups in total. The lowest BCUT2D eigenvalue weighted by atomic mass is 9.86. The zero-order valence-corrected chi connectivity index (χ0v) is 14.9. The first-order chi connectivity index (χ1) is 10.9. The summed E-state index contributed by atoms with van der Waals surface area (Å²) in [5, 5.41) is 28.1. The summed E-state index contributed by atoms with van der Waals surface area (Å²) in [4.78, 5) is 2.30. The van der Waals surface area contributed by atoms with E-state index < -0.39 is 0 Å². The van der Waals surface area contributed by atoms with Gasteiger partial charge in [0.2, 0.25) is 0 Å². The minimum absolute atomic E-state index is 0.0566. The van der Waals surface area contributed by atoms with Crippen molar-refractivity contribution in [2.24, 2.45) is 0 Å². The van der Waals surface area contributed by atoms with Gasteiger partial charge in [0.05, 0.1) is 0 Å². The number of phenols is 1. The number of hydrogen-bond acceptors (Lipinski definition) is 4. The van der Waals surface area contributed by atoms with E-state index in [2.05, 4.69) is 31.7 Å². The molecule has 0 radical (unpaired) electrons. The van der Waals surface area contributed by atoms with Gasteiger partial charge in [-0.1, -0.05) is 32.9 Å². The Morgan fingerprint density at radius 2 is 1.48 bits per heavy atom. The molecular weight excluding hydrogens is 290 g/mol. The average Bonchev–Trinajstić information content (AvgIpc) is 2.48. The maximum absolute atomic E-state index is 10.2. The van der Waals surface area contributed by atoms with Gasteiger partial charge in [-0.05, 0) is 55.8 Å². The van der Waals surface area contributed by atoms with Crippen LogP contribution in [0, 0.1) is 0 Å². The van der Waals surface area contributed by atoms with Gasteiger partial charge in [-0.3, -0.25) is 4.90 Å². The quantitative estimate of drug-likeness (QED) is 0.579. The third-order valence-corrected chi connectivity index (χ3v) is 4.10. The number of aliphatic hydroxyl groups is 2. The molecule has 0 saturated heterocycles. The highest BCUT2D eigenvalue weighted by Crippen LogP contribution is 2.28. The Labute approximate surface area is 140 Å². The number of phenolic OH excluding ortho intramolecular Hbond substituents is 1. The molecule has 0 spiro atoms. The highest BCUT2D eigenvalue weighted by molar-refractivity contribution is 5.38. The second-order valence-electron chi connectivity index (χ2n) is 7.23. The summed E-state index contributed by atoms with van der Waals surface area (Å²) < 4.78 is 0. The predicted octanol–water partition coefficient (Wildman–Crippen LogP) is 3.04. The molecule has 0 bridgehead atoms. The predicted molar refractivity (Wildman–Crippen MR) is 94.7 cm³/mol. The van der Waals surface area contributed by atoms with Crippen molar-refractivity contribution in [1.82, 2.24) is 4.90 Å². The zero-order valence-electron chi connectivity index (χ0n) is 14.9. The summed E-state index contributed by atoms with van der Waals surface area (Å²) in [7, 11) is 0. The third-order valence-electron chi connectivity index (χ3n) is 4.10. The monoisotopic (exact) mass is 323 g/mol. The molecule has 4 nitrogen and oxygen atoms in total. The second-order valence-corrected chi connectivity index (χ2v) is 7.23. The maximum Gasteiger partial charge on any atom is 0.120 e. The van der Waals surface area contributed by atoms with Gasteiger partial charge in [0.1, 0.15) is 5.75 Å². The molecule has 0 aromatic heterocycles. The first-order valence-electron chi connectivity index (χ1n) is 8.65. The topological polar surface area (TPSA) is 63.9 Å². The molecule has 1 rings (SSSR count). The summed E-state index contributed by atoms with van der Waals surface area (Å²) in [6.45, 7) is 9.43.